The zero-order chi connectivity index (χ0) is 15.6. The molecule has 0 bridgehead atoms. The molecule has 1 aliphatic rings. The minimum atomic E-state index is -2.94. The summed E-state index contributed by atoms with van der Waals surface area (Å²) in [5, 5.41) is 3.60. The number of carbonyl (C=O) groups excluding carboxylic acids is 1. The quantitative estimate of drug-likeness (QED) is 0.836. The Kier molecular flexibility index (Phi) is 5.14. The molecule has 2 rings (SSSR count). The van der Waals surface area contributed by atoms with E-state index in [1.165, 1.54) is 0 Å². The van der Waals surface area contributed by atoms with E-state index in [9.17, 15) is 13.2 Å². The van der Waals surface area contributed by atoms with Gasteiger partial charge in [0.25, 0.3) is 5.91 Å². The summed E-state index contributed by atoms with van der Waals surface area (Å²) in [5.74, 6) is 0.127. The molecule has 1 fully saturated rings. The van der Waals surface area contributed by atoms with E-state index in [0.29, 0.717) is 22.2 Å². The SMILES string of the molecule is C[NH+](CC(=O)Nc1cc(Cl)ccc1Cl)[C@H]1CCS(=O)(=O)C1. The number of rotatable bonds is 4. The van der Waals surface area contributed by atoms with Crippen molar-refractivity contribution < 1.29 is 18.1 Å². The fourth-order valence-electron chi connectivity index (χ4n) is 2.37. The van der Waals surface area contributed by atoms with Crippen LogP contribution in [0.2, 0.25) is 10.0 Å². The third kappa shape index (κ3) is 4.57. The predicted molar refractivity (Wildman–Crippen MR) is 83.9 cm³/mol. The maximum atomic E-state index is 12.0. The standard InChI is InChI=1S/C13H16Cl2N2O3S/c1-17(10-4-5-21(19,20)8-10)7-13(18)16-12-6-9(14)2-3-11(12)15/h2-3,6,10H,4-5,7-8H2,1H3,(H,16,18)/p+1/t10-/m0/s1. The van der Waals surface area contributed by atoms with Gasteiger partial charge in [0, 0.05) is 11.4 Å². The Morgan fingerprint density at radius 2 is 2.14 bits per heavy atom. The van der Waals surface area contributed by atoms with Crippen molar-refractivity contribution >= 4 is 44.6 Å². The molecule has 21 heavy (non-hydrogen) atoms. The second-order valence-corrected chi connectivity index (χ2v) is 8.37. The van der Waals surface area contributed by atoms with Crippen LogP contribution in [0, 0.1) is 0 Å². The number of carbonyl (C=O) groups is 1. The summed E-state index contributed by atoms with van der Waals surface area (Å²) in [6.45, 7) is 0.184. The van der Waals surface area contributed by atoms with Gasteiger partial charge >= 0.3 is 0 Å². The highest BCUT2D eigenvalue weighted by molar-refractivity contribution is 7.91. The van der Waals surface area contributed by atoms with E-state index in [1.807, 2.05) is 7.05 Å². The van der Waals surface area contributed by atoms with Gasteiger partial charge in [-0.05, 0) is 18.2 Å². The number of amides is 1. The summed E-state index contributed by atoms with van der Waals surface area (Å²) in [4.78, 5) is 12.9. The normalized spacial score (nSPS) is 22.0. The topological polar surface area (TPSA) is 67.7 Å². The second-order valence-electron chi connectivity index (χ2n) is 5.30. The van der Waals surface area contributed by atoms with Gasteiger partial charge in [-0.2, -0.15) is 0 Å². The van der Waals surface area contributed by atoms with Crippen LogP contribution in [0.3, 0.4) is 0 Å². The molecule has 0 saturated carbocycles. The maximum absolute atomic E-state index is 12.0. The first kappa shape index (κ1) is 16.5. The van der Waals surface area contributed by atoms with Gasteiger partial charge in [-0.25, -0.2) is 8.42 Å². The largest absolute Gasteiger partial charge is 0.326 e. The summed E-state index contributed by atoms with van der Waals surface area (Å²) >= 11 is 11.8. The molecular weight excluding hydrogens is 335 g/mol. The number of benzene rings is 1. The van der Waals surface area contributed by atoms with E-state index >= 15 is 0 Å². The third-order valence-corrected chi connectivity index (χ3v) is 5.90. The van der Waals surface area contributed by atoms with Crippen LogP contribution in [0.1, 0.15) is 6.42 Å². The number of hydrogen-bond acceptors (Lipinski definition) is 3. The number of halogens is 2. The number of nitrogens with one attached hydrogen (secondary N) is 2. The number of sulfone groups is 1. The highest BCUT2D eigenvalue weighted by Crippen LogP contribution is 2.25. The van der Waals surface area contributed by atoms with Gasteiger partial charge in [-0.1, -0.05) is 23.2 Å². The average Bonchev–Trinajstić information content (AvgIpc) is 2.74. The second kappa shape index (κ2) is 6.52. The monoisotopic (exact) mass is 351 g/mol. The molecule has 2 N–H and O–H groups in total. The summed E-state index contributed by atoms with van der Waals surface area (Å²) in [7, 11) is -1.11. The molecule has 1 amide bonds. The lowest BCUT2D eigenvalue weighted by molar-refractivity contribution is -0.894. The molecule has 0 aliphatic carbocycles. The van der Waals surface area contributed by atoms with Crippen LogP contribution in [0.15, 0.2) is 18.2 Å². The minimum absolute atomic E-state index is 0.0319. The molecule has 0 spiro atoms. The zero-order valence-electron chi connectivity index (χ0n) is 11.5. The van der Waals surface area contributed by atoms with Crippen LogP contribution < -0.4 is 10.2 Å². The smallest absolute Gasteiger partial charge is 0.279 e. The molecule has 1 unspecified atom stereocenters. The van der Waals surface area contributed by atoms with E-state index in [4.69, 9.17) is 23.2 Å². The van der Waals surface area contributed by atoms with Crippen LogP contribution in [0.5, 0.6) is 0 Å². The first-order valence-electron chi connectivity index (χ1n) is 6.54. The Labute approximate surface area is 134 Å². The molecule has 0 radical (unpaired) electrons. The summed E-state index contributed by atoms with van der Waals surface area (Å²) < 4.78 is 22.9. The van der Waals surface area contributed by atoms with E-state index in [1.54, 1.807) is 18.2 Å². The number of likely N-dealkylation sites (N-methyl/N-ethyl adjacent to an activating group) is 1. The molecule has 1 aromatic rings. The number of quaternary nitrogens is 1. The van der Waals surface area contributed by atoms with Crippen molar-refractivity contribution in [3.63, 3.8) is 0 Å². The van der Waals surface area contributed by atoms with Crippen LogP contribution in [-0.4, -0.2) is 45.5 Å². The Bertz CT molecular complexity index is 649. The lowest BCUT2D eigenvalue weighted by atomic mass is 10.2. The van der Waals surface area contributed by atoms with E-state index in [0.717, 1.165) is 4.90 Å². The number of hydrogen-bond donors (Lipinski definition) is 2. The summed E-state index contributed by atoms with van der Waals surface area (Å²) in [6, 6.07) is 4.80. The fraction of sp³-hybridized carbons (Fsp3) is 0.462. The molecule has 2 atom stereocenters. The molecule has 5 nitrogen and oxygen atoms in total. The van der Waals surface area contributed by atoms with Crippen molar-refractivity contribution in [1.29, 1.82) is 0 Å². The van der Waals surface area contributed by atoms with Crippen molar-refractivity contribution in [2.45, 2.75) is 12.5 Å². The number of anilines is 1. The molecule has 1 aliphatic heterocycles. The first-order valence-corrected chi connectivity index (χ1v) is 9.12. The lowest BCUT2D eigenvalue weighted by Gasteiger charge is -2.19. The van der Waals surface area contributed by atoms with Gasteiger partial charge in [0.1, 0.15) is 11.8 Å². The molecule has 0 aromatic heterocycles. The van der Waals surface area contributed by atoms with Gasteiger partial charge < -0.3 is 10.2 Å². The van der Waals surface area contributed by atoms with Gasteiger partial charge in [0.2, 0.25) is 0 Å². The molecule has 1 saturated heterocycles. The minimum Gasteiger partial charge on any atom is -0.326 e. The van der Waals surface area contributed by atoms with E-state index in [-0.39, 0.29) is 30.0 Å². The molecule has 116 valence electrons. The Hall–Kier alpha value is -0.820. The zero-order valence-corrected chi connectivity index (χ0v) is 13.9. The van der Waals surface area contributed by atoms with Gasteiger partial charge in [-0.15, -0.1) is 0 Å². The highest BCUT2D eigenvalue weighted by Gasteiger charge is 2.34. The van der Waals surface area contributed by atoms with Crippen molar-refractivity contribution in [2.24, 2.45) is 0 Å². The summed E-state index contributed by atoms with van der Waals surface area (Å²) in [6.07, 6.45) is 0.597. The van der Waals surface area contributed by atoms with Crippen molar-refractivity contribution in [3.8, 4) is 0 Å². The lowest BCUT2D eigenvalue weighted by Crippen LogP contribution is -3.14. The van der Waals surface area contributed by atoms with Crippen LogP contribution in [-0.2, 0) is 14.6 Å². The summed E-state index contributed by atoms with van der Waals surface area (Å²) in [5.41, 5.74) is 0.459. The Morgan fingerprint density at radius 1 is 1.43 bits per heavy atom. The van der Waals surface area contributed by atoms with Gasteiger partial charge in [0.05, 0.1) is 23.5 Å². The third-order valence-electron chi connectivity index (χ3n) is 3.57. The van der Waals surface area contributed by atoms with E-state index in [2.05, 4.69) is 5.32 Å². The molecule has 1 aromatic carbocycles. The van der Waals surface area contributed by atoms with Crippen molar-refractivity contribution in [1.82, 2.24) is 0 Å². The molecular formula is C13H17Cl2N2O3S+. The Balaban J connectivity index is 1.94. The maximum Gasteiger partial charge on any atom is 0.279 e. The van der Waals surface area contributed by atoms with Gasteiger partial charge in [0.15, 0.2) is 16.4 Å². The van der Waals surface area contributed by atoms with Gasteiger partial charge in [-0.3, -0.25) is 4.79 Å². The van der Waals surface area contributed by atoms with E-state index < -0.39 is 9.84 Å². The average molecular weight is 352 g/mol. The van der Waals surface area contributed by atoms with Crippen LogP contribution >= 0.6 is 23.2 Å². The molecule has 8 heteroatoms. The van der Waals surface area contributed by atoms with Crippen LogP contribution in [0.25, 0.3) is 0 Å². The predicted octanol–water partition coefficient (Wildman–Crippen LogP) is 0.634. The first-order chi connectivity index (χ1) is 9.77. The van der Waals surface area contributed by atoms with Crippen molar-refractivity contribution in [2.75, 3.05) is 30.4 Å². The molecule has 1 heterocycles. The Morgan fingerprint density at radius 3 is 2.76 bits per heavy atom. The highest BCUT2D eigenvalue weighted by atomic mass is 35.5. The van der Waals surface area contributed by atoms with Crippen LogP contribution in [0.4, 0.5) is 5.69 Å². The fourth-order valence-corrected chi connectivity index (χ4v) is 4.58. The van der Waals surface area contributed by atoms with Crippen molar-refractivity contribution in [3.05, 3.63) is 28.2 Å².